The van der Waals surface area contributed by atoms with E-state index in [9.17, 15) is 0 Å². The van der Waals surface area contributed by atoms with Crippen molar-refractivity contribution in [2.45, 2.75) is 50.6 Å². The first kappa shape index (κ1) is 21.6. The monoisotopic (exact) mass is 474 g/mol. The molecule has 2 aliphatic heterocycles. The number of aryl methyl sites for hydroxylation is 2. The first-order valence-corrected chi connectivity index (χ1v) is 13.1. The minimum absolute atomic E-state index is 0.118. The number of piperidine rings is 1. The predicted molar refractivity (Wildman–Crippen MR) is 143 cm³/mol. The maximum Gasteiger partial charge on any atom is 0.128 e. The second-order valence-corrected chi connectivity index (χ2v) is 10.2. The highest BCUT2D eigenvalue weighted by molar-refractivity contribution is 5.77. The molecule has 2 saturated heterocycles. The van der Waals surface area contributed by atoms with E-state index in [1.807, 2.05) is 12.1 Å². The van der Waals surface area contributed by atoms with E-state index >= 15 is 0 Å². The fourth-order valence-corrected chi connectivity index (χ4v) is 5.80. The number of nitrogens with zero attached hydrogens (tertiary/aromatic N) is 2. The van der Waals surface area contributed by atoms with Crippen LogP contribution in [-0.2, 0) is 12.8 Å². The number of fused-ring (bicyclic) bond motifs is 4. The van der Waals surface area contributed by atoms with E-state index in [2.05, 4.69) is 63.3 Å². The minimum atomic E-state index is 0.118. The van der Waals surface area contributed by atoms with Gasteiger partial charge in [0.1, 0.15) is 11.6 Å². The van der Waals surface area contributed by atoms with E-state index in [1.54, 1.807) is 0 Å². The molecule has 0 saturated carbocycles. The normalized spacial score (nSPS) is 21.2. The molecule has 6 nitrogen and oxygen atoms in total. The average molecular weight is 475 g/mol. The number of imidazole rings is 2. The van der Waals surface area contributed by atoms with Gasteiger partial charge in [-0.1, -0.05) is 36.5 Å². The molecule has 7 rings (SSSR count). The highest BCUT2D eigenvalue weighted by Crippen LogP contribution is 2.34. The van der Waals surface area contributed by atoms with Crippen molar-refractivity contribution in [3.63, 3.8) is 0 Å². The molecule has 2 atom stereocenters. The highest BCUT2D eigenvalue weighted by Gasteiger charge is 2.25. The van der Waals surface area contributed by atoms with Crippen LogP contribution in [0.4, 0.5) is 0 Å². The molecule has 0 radical (unpaired) electrons. The molecule has 4 aromatic rings. The molecule has 3 aliphatic rings. The molecule has 4 heterocycles. The summed E-state index contributed by atoms with van der Waals surface area (Å²) in [5, 5.41) is 7.08. The van der Waals surface area contributed by atoms with Crippen LogP contribution in [0.15, 0.2) is 48.6 Å². The lowest BCUT2D eigenvalue weighted by Crippen LogP contribution is -2.27. The fraction of sp³-hybridized carbons (Fsp3) is 0.333. The van der Waals surface area contributed by atoms with Crippen LogP contribution in [0.2, 0.25) is 0 Å². The number of nitrogens with one attached hydrogen (secondary N) is 4. The summed E-state index contributed by atoms with van der Waals surface area (Å²) < 4.78 is 0. The van der Waals surface area contributed by atoms with Gasteiger partial charge in [-0.15, -0.1) is 0 Å². The largest absolute Gasteiger partial charge is 0.344 e. The molecule has 2 aromatic heterocycles. The molecule has 2 aromatic carbocycles. The van der Waals surface area contributed by atoms with Crippen molar-refractivity contribution in [2.75, 3.05) is 13.1 Å². The third kappa shape index (κ3) is 3.85. The molecule has 1 aliphatic carbocycles. The Morgan fingerprint density at radius 2 is 1.72 bits per heavy atom. The van der Waals surface area contributed by atoms with Gasteiger partial charge in [0.15, 0.2) is 0 Å². The standard InChI is InChI=1S/C30H30N6/c1-18-13-15-32-27(18)30-33-23-11-8-20(17-26(23)35-30)6-5-19-7-10-22-21(16-19)9-12-24-28(22)36-29(34-24)25-4-2-3-14-31-25/h7-8,10-11,16-17,25,27,31-32H,1-4,9,12-15H2,(H,33,35)(H,34,36). The fourth-order valence-electron chi connectivity index (χ4n) is 5.80. The van der Waals surface area contributed by atoms with Crippen molar-refractivity contribution in [3.05, 3.63) is 82.6 Å². The zero-order valence-electron chi connectivity index (χ0n) is 20.4. The van der Waals surface area contributed by atoms with Crippen molar-refractivity contribution in [3.8, 4) is 23.1 Å². The minimum Gasteiger partial charge on any atom is -0.344 e. The van der Waals surface area contributed by atoms with Gasteiger partial charge in [-0.2, -0.15) is 0 Å². The number of rotatable bonds is 2. The Hall–Kier alpha value is -3.66. The first-order valence-electron chi connectivity index (χ1n) is 13.1. The second kappa shape index (κ2) is 8.77. The zero-order valence-corrected chi connectivity index (χ0v) is 20.4. The number of hydrogen-bond acceptors (Lipinski definition) is 4. The van der Waals surface area contributed by atoms with Gasteiger partial charge in [-0.25, -0.2) is 9.97 Å². The summed E-state index contributed by atoms with van der Waals surface area (Å²) in [5.74, 6) is 8.77. The van der Waals surface area contributed by atoms with Gasteiger partial charge in [-0.3, -0.25) is 0 Å². The number of H-pyrrole nitrogens is 2. The van der Waals surface area contributed by atoms with Crippen LogP contribution >= 0.6 is 0 Å². The van der Waals surface area contributed by atoms with E-state index in [0.29, 0.717) is 6.04 Å². The Labute approximate surface area is 211 Å². The van der Waals surface area contributed by atoms with Crippen LogP contribution in [0.5, 0.6) is 0 Å². The van der Waals surface area contributed by atoms with Gasteiger partial charge in [0.05, 0.1) is 28.8 Å². The third-order valence-corrected chi connectivity index (χ3v) is 7.77. The number of aromatic nitrogens is 4. The summed E-state index contributed by atoms with van der Waals surface area (Å²) >= 11 is 0. The molecule has 2 fully saturated rings. The molecule has 36 heavy (non-hydrogen) atoms. The van der Waals surface area contributed by atoms with Gasteiger partial charge < -0.3 is 20.6 Å². The topological polar surface area (TPSA) is 81.4 Å². The first-order chi connectivity index (χ1) is 17.7. The van der Waals surface area contributed by atoms with Crippen molar-refractivity contribution < 1.29 is 0 Å². The van der Waals surface area contributed by atoms with Crippen molar-refractivity contribution in [2.24, 2.45) is 0 Å². The maximum atomic E-state index is 5.03. The van der Waals surface area contributed by atoms with Crippen LogP contribution in [0.3, 0.4) is 0 Å². The Kier molecular flexibility index (Phi) is 5.27. The molecule has 0 spiro atoms. The van der Waals surface area contributed by atoms with Crippen LogP contribution in [0.1, 0.15) is 71.8 Å². The van der Waals surface area contributed by atoms with Crippen molar-refractivity contribution >= 4 is 11.0 Å². The van der Waals surface area contributed by atoms with Crippen LogP contribution in [0, 0.1) is 11.8 Å². The van der Waals surface area contributed by atoms with Gasteiger partial charge in [0, 0.05) is 22.4 Å². The van der Waals surface area contributed by atoms with E-state index in [4.69, 9.17) is 9.97 Å². The van der Waals surface area contributed by atoms with Gasteiger partial charge in [0.25, 0.3) is 0 Å². The van der Waals surface area contributed by atoms with Gasteiger partial charge >= 0.3 is 0 Å². The number of hydrogen-bond donors (Lipinski definition) is 4. The van der Waals surface area contributed by atoms with Crippen molar-refractivity contribution in [1.29, 1.82) is 0 Å². The molecule has 180 valence electrons. The second-order valence-electron chi connectivity index (χ2n) is 10.2. The van der Waals surface area contributed by atoms with E-state index in [0.717, 1.165) is 78.3 Å². The molecular weight excluding hydrogens is 444 g/mol. The molecule has 4 N–H and O–H groups in total. The summed E-state index contributed by atoms with van der Waals surface area (Å²) in [6.45, 7) is 6.21. The van der Waals surface area contributed by atoms with Gasteiger partial charge in [-0.05, 0) is 81.1 Å². The predicted octanol–water partition coefficient (Wildman–Crippen LogP) is 4.86. The van der Waals surface area contributed by atoms with Crippen molar-refractivity contribution in [1.82, 2.24) is 30.6 Å². The third-order valence-electron chi connectivity index (χ3n) is 7.77. The van der Waals surface area contributed by atoms with Gasteiger partial charge in [0.2, 0.25) is 0 Å². The van der Waals surface area contributed by atoms with E-state index in [1.165, 1.54) is 35.2 Å². The lowest BCUT2D eigenvalue weighted by Gasteiger charge is -2.21. The number of benzene rings is 2. The SMILES string of the molecule is C=C1CCNC1c1nc2ccc(C#Cc3ccc4c(c3)CCc3[nH]c(C5CCCCN5)nc3-4)cc2[nH]1. The summed E-state index contributed by atoms with van der Waals surface area (Å²) in [6, 6.07) is 13.2. The molecule has 6 heteroatoms. The summed E-state index contributed by atoms with van der Waals surface area (Å²) in [6.07, 6.45) is 6.70. The Morgan fingerprint density at radius 1 is 0.833 bits per heavy atom. The molecule has 0 bridgehead atoms. The Bertz CT molecular complexity index is 1540. The molecule has 0 amide bonds. The van der Waals surface area contributed by atoms with E-state index in [-0.39, 0.29) is 6.04 Å². The zero-order chi connectivity index (χ0) is 24.1. The summed E-state index contributed by atoms with van der Waals surface area (Å²) in [5.41, 5.74) is 10.2. The van der Waals surface area contributed by atoms with Crippen LogP contribution in [0.25, 0.3) is 22.3 Å². The van der Waals surface area contributed by atoms with Crippen LogP contribution in [-0.4, -0.2) is 33.0 Å². The molecular formula is C30H30N6. The summed E-state index contributed by atoms with van der Waals surface area (Å²) in [4.78, 5) is 16.9. The quantitative estimate of drug-likeness (QED) is 0.247. The summed E-state index contributed by atoms with van der Waals surface area (Å²) in [7, 11) is 0. The maximum absolute atomic E-state index is 5.03. The smallest absolute Gasteiger partial charge is 0.128 e. The lowest BCUT2D eigenvalue weighted by atomic mass is 9.91. The average Bonchev–Trinajstić information content (AvgIpc) is 3.65. The van der Waals surface area contributed by atoms with Crippen LogP contribution < -0.4 is 10.6 Å². The Morgan fingerprint density at radius 3 is 2.56 bits per heavy atom. The number of aromatic amines is 2. The highest BCUT2D eigenvalue weighted by atomic mass is 15.0. The Balaban J connectivity index is 1.14. The molecule has 2 unspecified atom stereocenters. The van der Waals surface area contributed by atoms with E-state index < -0.39 is 0 Å². The lowest BCUT2D eigenvalue weighted by molar-refractivity contribution is 0.399.